The fourth-order valence-corrected chi connectivity index (χ4v) is 4.04. The number of nitrogens with zero attached hydrogens (tertiary/aromatic N) is 2. The molecule has 28 heavy (non-hydrogen) atoms. The SMILES string of the molecule is Cc1cc2c(cc1C)[n+](C1=CCC(C)C=C1)cn2-c1ccc2ccccc2c1. The Balaban J connectivity index is 1.76. The average Bonchev–Trinajstić information content (AvgIpc) is 3.07. The summed E-state index contributed by atoms with van der Waals surface area (Å²) < 4.78 is 4.65. The second-order valence-electron chi connectivity index (χ2n) is 8.01. The van der Waals surface area contributed by atoms with E-state index < -0.39 is 0 Å². The van der Waals surface area contributed by atoms with E-state index in [1.807, 2.05) is 0 Å². The fourth-order valence-electron chi connectivity index (χ4n) is 4.04. The van der Waals surface area contributed by atoms with Crippen molar-refractivity contribution in [3.05, 3.63) is 90.3 Å². The van der Waals surface area contributed by atoms with Crippen LogP contribution < -0.4 is 4.57 Å². The third-order valence-electron chi connectivity index (χ3n) is 5.92. The number of aromatic nitrogens is 2. The van der Waals surface area contributed by atoms with Gasteiger partial charge in [-0.2, -0.15) is 9.13 Å². The van der Waals surface area contributed by atoms with Crippen molar-refractivity contribution in [2.75, 3.05) is 0 Å². The third-order valence-corrected chi connectivity index (χ3v) is 5.92. The van der Waals surface area contributed by atoms with Crippen LogP contribution in [-0.2, 0) is 0 Å². The first-order chi connectivity index (χ1) is 13.6. The van der Waals surface area contributed by atoms with Crippen LogP contribution in [0.3, 0.4) is 0 Å². The van der Waals surface area contributed by atoms with Crippen molar-refractivity contribution in [2.24, 2.45) is 5.92 Å². The summed E-state index contributed by atoms with van der Waals surface area (Å²) in [6.45, 7) is 6.65. The third kappa shape index (κ3) is 2.77. The maximum atomic E-state index is 2.35. The molecule has 0 saturated heterocycles. The van der Waals surface area contributed by atoms with Gasteiger partial charge in [0.15, 0.2) is 11.0 Å². The van der Waals surface area contributed by atoms with E-state index in [1.54, 1.807) is 0 Å². The molecule has 0 bridgehead atoms. The van der Waals surface area contributed by atoms with Gasteiger partial charge in [0.05, 0.1) is 0 Å². The Bertz CT molecular complexity index is 1270. The van der Waals surface area contributed by atoms with Gasteiger partial charge in [-0.3, -0.25) is 0 Å². The molecule has 1 heterocycles. The molecule has 2 nitrogen and oxygen atoms in total. The second kappa shape index (κ2) is 6.49. The Kier molecular flexibility index (Phi) is 3.94. The first-order valence-corrected chi connectivity index (χ1v) is 10.0. The summed E-state index contributed by atoms with van der Waals surface area (Å²) >= 11 is 0. The van der Waals surface area contributed by atoms with E-state index >= 15 is 0 Å². The molecule has 0 fully saturated rings. The minimum Gasteiger partial charge on any atom is -0.195 e. The lowest BCUT2D eigenvalue weighted by atomic mass is 10.0. The summed E-state index contributed by atoms with van der Waals surface area (Å²) in [7, 11) is 0. The zero-order chi connectivity index (χ0) is 19.3. The lowest BCUT2D eigenvalue weighted by Gasteiger charge is -2.09. The number of allylic oxidation sites excluding steroid dienone is 4. The maximum absolute atomic E-state index is 2.35. The van der Waals surface area contributed by atoms with Gasteiger partial charge in [-0.1, -0.05) is 43.3 Å². The zero-order valence-electron chi connectivity index (χ0n) is 16.7. The quantitative estimate of drug-likeness (QED) is 0.378. The van der Waals surface area contributed by atoms with Crippen molar-refractivity contribution in [3.8, 4) is 5.69 Å². The van der Waals surface area contributed by atoms with Crippen LogP contribution in [0.4, 0.5) is 0 Å². The molecule has 4 aromatic rings. The highest BCUT2D eigenvalue weighted by atomic mass is 15.1. The van der Waals surface area contributed by atoms with Gasteiger partial charge < -0.3 is 0 Å². The summed E-state index contributed by atoms with van der Waals surface area (Å²) in [5, 5.41) is 2.54. The van der Waals surface area contributed by atoms with Gasteiger partial charge in [-0.05, 0) is 84.5 Å². The maximum Gasteiger partial charge on any atom is 0.255 e. The molecule has 0 radical (unpaired) electrons. The number of fused-ring (bicyclic) bond motifs is 2. The van der Waals surface area contributed by atoms with E-state index in [0.717, 1.165) is 6.42 Å². The highest BCUT2D eigenvalue weighted by Gasteiger charge is 2.21. The molecule has 2 heteroatoms. The number of hydrogen-bond acceptors (Lipinski definition) is 0. The first kappa shape index (κ1) is 17.0. The number of hydrogen-bond donors (Lipinski definition) is 0. The molecule has 0 amide bonds. The van der Waals surface area contributed by atoms with E-state index in [-0.39, 0.29) is 0 Å². The van der Waals surface area contributed by atoms with Gasteiger partial charge in [0.25, 0.3) is 6.33 Å². The van der Waals surface area contributed by atoms with Gasteiger partial charge in [-0.25, -0.2) is 0 Å². The van der Waals surface area contributed by atoms with Crippen molar-refractivity contribution in [1.29, 1.82) is 0 Å². The Morgan fingerprint density at radius 3 is 2.50 bits per heavy atom. The van der Waals surface area contributed by atoms with Crippen molar-refractivity contribution in [1.82, 2.24) is 4.57 Å². The predicted octanol–water partition coefficient (Wildman–Crippen LogP) is 6.12. The second-order valence-corrected chi connectivity index (χ2v) is 8.01. The number of aryl methyl sites for hydroxylation is 2. The van der Waals surface area contributed by atoms with Gasteiger partial charge in [0.1, 0.15) is 11.4 Å². The lowest BCUT2D eigenvalue weighted by Crippen LogP contribution is -2.30. The van der Waals surface area contributed by atoms with Crippen LogP contribution in [0.5, 0.6) is 0 Å². The van der Waals surface area contributed by atoms with Crippen LogP contribution in [0, 0.1) is 19.8 Å². The van der Waals surface area contributed by atoms with Crippen LogP contribution in [0.25, 0.3) is 33.2 Å². The van der Waals surface area contributed by atoms with Crippen LogP contribution >= 0.6 is 0 Å². The normalized spacial score (nSPS) is 16.7. The highest BCUT2D eigenvalue weighted by Crippen LogP contribution is 2.26. The summed E-state index contributed by atoms with van der Waals surface area (Å²) in [6, 6.07) is 19.9. The topological polar surface area (TPSA) is 8.81 Å². The summed E-state index contributed by atoms with van der Waals surface area (Å²) in [5.41, 5.74) is 7.59. The zero-order valence-corrected chi connectivity index (χ0v) is 16.7. The highest BCUT2D eigenvalue weighted by molar-refractivity contribution is 5.85. The molecule has 1 atom stereocenters. The molecule has 1 unspecified atom stereocenters. The Morgan fingerprint density at radius 2 is 1.71 bits per heavy atom. The molecule has 1 aliphatic rings. The summed E-state index contributed by atoms with van der Waals surface area (Å²) in [5.74, 6) is 0.613. The minimum atomic E-state index is 0.613. The largest absolute Gasteiger partial charge is 0.255 e. The molecule has 5 rings (SSSR count). The smallest absolute Gasteiger partial charge is 0.195 e. The van der Waals surface area contributed by atoms with Crippen LogP contribution in [0.15, 0.2) is 79.2 Å². The molecule has 0 N–H and O–H groups in total. The monoisotopic (exact) mass is 365 g/mol. The van der Waals surface area contributed by atoms with E-state index in [2.05, 4.69) is 109 Å². The van der Waals surface area contributed by atoms with Crippen molar-refractivity contribution in [2.45, 2.75) is 27.2 Å². The van der Waals surface area contributed by atoms with Gasteiger partial charge >= 0.3 is 0 Å². The Morgan fingerprint density at radius 1 is 0.929 bits per heavy atom. The van der Waals surface area contributed by atoms with E-state index in [9.17, 15) is 0 Å². The number of rotatable bonds is 2. The molecule has 3 aromatic carbocycles. The molecule has 0 spiro atoms. The molecule has 1 aromatic heterocycles. The Labute approximate surface area is 166 Å². The molecule has 0 saturated carbocycles. The molecule has 1 aliphatic carbocycles. The predicted molar refractivity (Wildman–Crippen MR) is 118 cm³/mol. The van der Waals surface area contributed by atoms with E-state index in [4.69, 9.17) is 0 Å². The number of benzene rings is 3. The van der Waals surface area contributed by atoms with Crippen molar-refractivity contribution >= 4 is 27.5 Å². The average molecular weight is 366 g/mol. The number of imidazole rings is 1. The van der Waals surface area contributed by atoms with Crippen LogP contribution in [0.1, 0.15) is 24.5 Å². The summed E-state index contributed by atoms with van der Waals surface area (Å²) in [6.07, 6.45) is 10.2. The van der Waals surface area contributed by atoms with Gasteiger partial charge in [0.2, 0.25) is 0 Å². The lowest BCUT2D eigenvalue weighted by molar-refractivity contribution is -0.550. The van der Waals surface area contributed by atoms with Crippen molar-refractivity contribution < 1.29 is 4.57 Å². The van der Waals surface area contributed by atoms with Gasteiger partial charge in [-0.15, -0.1) is 0 Å². The van der Waals surface area contributed by atoms with Crippen molar-refractivity contribution in [3.63, 3.8) is 0 Å². The standard InChI is InChI=1S/C26H25N2/c1-18-8-11-23(12-9-18)27-17-28(26-15-20(3)19(2)14-25(26)27)24-13-10-21-6-4-5-7-22(21)16-24/h4-8,10-18H,9H2,1-3H3/q+1. The Hall–Kier alpha value is -3.13. The van der Waals surface area contributed by atoms with Gasteiger partial charge in [0, 0.05) is 0 Å². The molecular formula is C26H25N2+. The molecule has 0 aliphatic heterocycles. The fraction of sp³-hybridized carbons (Fsp3) is 0.192. The van der Waals surface area contributed by atoms with Crippen LogP contribution in [-0.4, -0.2) is 4.57 Å². The molecule has 138 valence electrons. The van der Waals surface area contributed by atoms with E-state index in [1.165, 1.54) is 44.3 Å². The van der Waals surface area contributed by atoms with E-state index in [0.29, 0.717) is 5.92 Å². The molecular weight excluding hydrogens is 340 g/mol. The first-order valence-electron chi connectivity index (χ1n) is 10.0. The summed E-state index contributed by atoms with van der Waals surface area (Å²) in [4.78, 5) is 0. The van der Waals surface area contributed by atoms with Crippen LogP contribution in [0.2, 0.25) is 0 Å². The minimum absolute atomic E-state index is 0.613.